The Morgan fingerprint density at radius 3 is 2.19 bits per heavy atom. The number of rotatable bonds is 3. The van der Waals surface area contributed by atoms with E-state index in [1.165, 1.54) is 0 Å². The number of aliphatic carboxylic acids is 1. The first kappa shape index (κ1) is 11.4. The molecule has 2 rings (SSSR count). The molecule has 2 unspecified atom stereocenters. The predicted molar refractivity (Wildman–Crippen MR) is 58.8 cm³/mol. The molecular weight excluding hydrogens is 206 g/mol. The zero-order valence-corrected chi connectivity index (χ0v) is 9.61. The van der Waals surface area contributed by atoms with Gasteiger partial charge >= 0.3 is 5.97 Å². The van der Waals surface area contributed by atoms with E-state index in [2.05, 4.69) is 12.2 Å². The molecule has 0 spiro atoms. The molecular formula is C12H19NO3. The van der Waals surface area contributed by atoms with Gasteiger partial charge in [0, 0.05) is 12.0 Å². The van der Waals surface area contributed by atoms with Crippen molar-refractivity contribution >= 4 is 11.9 Å². The van der Waals surface area contributed by atoms with E-state index < -0.39 is 5.97 Å². The first-order chi connectivity index (χ1) is 7.58. The van der Waals surface area contributed by atoms with Crippen molar-refractivity contribution < 1.29 is 14.7 Å². The van der Waals surface area contributed by atoms with E-state index in [0.29, 0.717) is 18.8 Å². The van der Waals surface area contributed by atoms with Gasteiger partial charge in [-0.15, -0.1) is 0 Å². The maximum atomic E-state index is 11.7. The van der Waals surface area contributed by atoms with E-state index in [1.807, 2.05) is 0 Å². The van der Waals surface area contributed by atoms with Gasteiger partial charge in [0.2, 0.25) is 5.91 Å². The van der Waals surface area contributed by atoms with Crippen LogP contribution in [0.1, 0.15) is 39.0 Å². The average Bonchev–Trinajstić information content (AvgIpc) is 2.96. The fraction of sp³-hybridized carbons (Fsp3) is 0.833. The third-order valence-electron chi connectivity index (χ3n) is 3.87. The number of hydrogen-bond donors (Lipinski definition) is 2. The van der Waals surface area contributed by atoms with E-state index in [0.717, 1.165) is 19.3 Å². The van der Waals surface area contributed by atoms with E-state index in [-0.39, 0.29) is 23.8 Å². The Labute approximate surface area is 95.4 Å². The Morgan fingerprint density at radius 1 is 1.19 bits per heavy atom. The average molecular weight is 225 g/mol. The largest absolute Gasteiger partial charge is 0.481 e. The van der Waals surface area contributed by atoms with Gasteiger partial charge in [-0.2, -0.15) is 0 Å². The summed E-state index contributed by atoms with van der Waals surface area (Å²) < 4.78 is 0. The molecule has 0 aromatic heterocycles. The van der Waals surface area contributed by atoms with Crippen LogP contribution in [0.3, 0.4) is 0 Å². The Kier molecular flexibility index (Phi) is 3.17. The van der Waals surface area contributed by atoms with Crippen LogP contribution in [-0.2, 0) is 9.59 Å². The molecule has 0 bridgehead atoms. The van der Waals surface area contributed by atoms with Crippen LogP contribution in [0.15, 0.2) is 0 Å². The SMILES string of the molecule is CC1CC1C(=O)NC1CCC(C(=O)O)CC1. The summed E-state index contributed by atoms with van der Waals surface area (Å²) in [4.78, 5) is 22.4. The molecule has 0 aromatic carbocycles. The van der Waals surface area contributed by atoms with Crippen molar-refractivity contribution in [2.75, 3.05) is 0 Å². The summed E-state index contributed by atoms with van der Waals surface area (Å²) in [5.41, 5.74) is 0. The van der Waals surface area contributed by atoms with Gasteiger partial charge in [-0.3, -0.25) is 9.59 Å². The fourth-order valence-corrected chi connectivity index (χ4v) is 2.48. The summed E-state index contributed by atoms with van der Waals surface area (Å²) in [5, 5.41) is 11.9. The summed E-state index contributed by atoms with van der Waals surface area (Å²) in [6.07, 6.45) is 4.02. The van der Waals surface area contributed by atoms with Gasteiger partial charge in [0.25, 0.3) is 0 Å². The molecule has 2 fully saturated rings. The van der Waals surface area contributed by atoms with Gasteiger partial charge in [0.1, 0.15) is 0 Å². The lowest BCUT2D eigenvalue weighted by atomic mass is 9.86. The highest BCUT2D eigenvalue weighted by molar-refractivity contribution is 5.81. The van der Waals surface area contributed by atoms with Crippen molar-refractivity contribution in [2.24, 2.45) is 17.8 Å². The molecule has 4 heteroatoms. The minimum Gasteiger partial charge on any atom is -0.481 e. The van der Waals surface area contributed by atoms with E-state index >= 15 is 0 Å². The third kappa shape index (κ3) is 2.54. The van der Waals surface area contributed by atoms with Crippen molar-refractivity contribution in [2.45, 2.75) is 45.1 Å². The van der Waals surface area contributed by atoms with Crippen molar-refractivity contribution in [1.29, 1.82) is 0 Å². The molecule has 2 atom stereocenters. The van der Waals surface area contributed by atoms with Gasteiger partial charge in [-0.05, 0) is 38.0 Å². The number of carboxylic acids is 1. The minimum atomic E-state index is -0.694. The van der Waals surface area contributed by atoms with E-state index in [4.69, 9.17) is 5.11 Å². The molecule has 2 aliphatic rings. The Hall–Kier alpha value is -1.06. The number of carboxylic acid groups (broad SMARTS) is 1. The molecule has 16 heavy (non-hydrogen) atoms. The first-order valence-electron chi connectivity index (χ1n) is 6.11. The predicted octanol–water partition coefficient (Wildman–Crippen LogP) is 1.40. The smallest absolute Gasteiger partial charge is 0.306 e. The van der Waals surface area contributed by atoms with Crippen LogP contribution < -0.4 is 5.32 Å². The first-order valence-corrected chi connectivity index (χ1v) is 6.11. The summed E-state index contributed by atoms with van der Waals surface area (Å²) >= 11 is 0. The molecule has 2 saturated carbocycles. The fourth-order valence-electron chi connectivity index (χ4n) is 2.48. The monoisotopic (exact) mass is 225 g/mol. The molecule has 2 aliphatic carbocycles. The summed E-state index contributed by atoms with van der Waals surface area (Å²) in [5.74, 6) is 0.0347. The van der Waals surface area contributed by atoms with Gasteiger partial charge in [-0.1, -0.05) is 6.92 Å². The minimum absolute atomic E-state index is 0.172. The second-order valence-corrected chi connectivity index (χ2v) is 5.21. The highest BCUT2D eigenvalue weighted by Crippen LogP contribution is 2.38. The van der Waals surface area contributed by atoms with E-state index in [9.17, 15) is 9.59 Å². The maximum Gasteiger partial charge on any atom is 0.306 e. The van der Waals surface area contributed by atoms with Crippen LogP contribution in [0.2, 0.25) is 0 Å². The topological polar surface area (TPSA) is 66.4 Å². The second-order valence-electron chi connectivity index (χ2n) is 5.21. The second kappa shape index (κ2) is 4.44. The van der Waals surface area contributed by atoms with Crippen molar-refractivity contribution in [3.05, 3.63) is 0 Å². The van der Waals surface area contributed by atoms with Crippen molar-refractivity contribution in [1.82, 2.24) is 5.32 Å². The Bertz CT molecular complexity index is 295. The highest BCUT2D eigenvalue weighted by atomic mass is 16.4. The zero-order valence-electron chi connectivity index (χ0n) is 9.61. The van der Waals surface area contributed by atoms with Crippen LogP contribution in [0.25, 0.3) is 0 Å². The molecule has 0 saturated heterocycles. The lowest BCUT2D eigenvalue weighted by Crippen LogP contribution is -2.39. The van der Waals surface area contributed by atoms with Gasteiger partial charge in [0.15, 0.2) is 0 Å². The quantitative estimate of drug-likeness (QED) is 0.763. The number of amides is 1. The third-order valence-corrected chi connectivity index (χ3v) is 3.87. The van der Waals surface area contributed by atoms with Crippen LogP contribution in [0.4, 0.5) is 0 Å². The van der Waals surface area contributed by atoms with Gasteiger partial charge in [0.05, 0.1) is 5.92 Å². The molecule has 2 N–H and O–H groups in total. The molecule has 90 valence electrons. The van der Waals surface area contributed by atoms with Gasteiger partial charge in [-0.25, -0.2) is 0 Å². The van der Waals surface area contributed by atoms with Crippen LogP contribution in [0, 0.1) is 17.8 Å². The summed E-state index contributed by atoms with van der Waals surface area (Å²) in [7, 11) is 0. The molecule has 4 nitrogen and oxygen atoms in total. The van der Waals surface area contributed by atoms with E-state index in [1.54, 1.807) is 0 Å². The lowest BCUT2D eigenvalue weighted by molar-refractivity contribution is -0.142. The maximum absolute atomic E-state index is 11.7. The van der Waals surface area contributed by atoms with Gasteiger partial charge < -0.3 is 10.4 Å². The Balaban J connectivity index is 1.73. The molecule has 0 aliphatic heterocycles. The van der Waals surface area contributed by atoms with Crippen LogP contribution in [0.5, 0.6) is 0 Å². The number of carbonyl (C=O) groups is 2. The van der Waals surface area contributed by atoms with Crippen LogP contribution >= 0.6 is 0 Å². The number of carbonyl (C=O) groups excluding carboxylic acids is 1. The summed E-state index contributed by atoms with van der Waals surface area (Å²) in [6.45, 7) is 2.09. The molecule has 0 heterocycles. The van der Waals surface area contributed by atoms with Crippen LogP contribution in [-0.4, -0.2) is 23.0 Å². The number of hydrogen-bond acceptors (Lipinski definition) is 2. The van der Waals surface area contributed by atoms with Crippen molar-refractivity contribution in [3.63, 3.8) is 0 Å². The normalized spacial score (nSPS) is 37.8. The number of nitrogens with one attached hydrogen (secondary N) is 1. The molecule has 0 radical (unpaired) electrons. The molecule has 1 amide bonds. The summed E-state index contributed by atoms with van der Waals surface area (Å²) in [6, 6.07) is 0.205. The zero-order chi connectivity index (χ0) is 11.7. The molecule has 0 aromatic rings. The Morgan fingerprint density at radius 2 is 1.75 bits per heavy atom. The lowest BCUT2D eigenvalue weighted by Gasteiger charge is -2.26. The highest BCUT2D eigenvalue weighted by Gasteiger charge is 2.40. The van der Waals surface area contributed by atoms with Crippen molar-refractivity contribution in [3.8, 4) is 0 Å². The standard InChI is InChI=1S/C12H19NO3/c1-7-6-10(7)11(14)13-9-4-2-8(3-5-9)12(15)16/h7-10H,2-6H2,1H3,(H,13,14)(H,15,16).